The van der Waals surface area contributed by atoms with Gasteiger partial charge in [-0.05, 0) is 29.7 Å². The van der Waals surface area contributed by atoms with Crippen molar-refractivity contribution >= 4 is 12.7 Å². The molecule has 8 heteroatoms. The van der Waals surface area contributed by atoms with Crippen LogP contribution in [-0.2, 0) is 6.54 Å². The topological polar surface area (TPSA) is 83.5 Å². The molecule has 27 heavy (non-hydrogen) atoms. The first kappa shape index (κ1) is 18.5. The molecule has 0 aliphatic rings. The summed E-state index contributed by atoms with van der Waals surface area (Å²) in [5, 5.41) is 0.0243. The lowest BCUT2D eigenvalue weighted by molar-refractivity contribution is 0.576. The van der Waals surface area contributed by atoms with E-state index in [-0.39, 0.29) is 23.2 Å². The lowest BCUT2D eigenvalue weighted by atomic mass is 10.1. The number of benzene rings is 1. The second kappa shape index (κ2) is 7.14. The number of H-pyrrole nitrogens is 2. The average Bonchev–Trinajstić information content (AvgIpc) is 2.94. The van der Waals surface area contributed by atoms with E-state index in [0.717, 1.165) is 11.8 Å². The van der Waals surface area contributed by atoms with Crippen LogP contribution in [0.4, 0.5) is 8.78 Å². The Labute approximate surface area is 152 Å². The Bertz CT molecular complexity index is 1200. The summed E-state index contributed by atoms with van der Waals surface area (Å²) in [6.07, 6.45) is 3.00. The van der Waals surface area contributed by atoms with E-state index in [0.29, 0.717) is 11.3 Å². The molecule has 2 aromatic heterocycles. The maximum atomic E-state index is 13.4. The van der Waals surface area contributed by atoms with Crippen molar-refractivity contribution in [1.29, 1.82) is 0 Å². The number of aromatic nitrogens is 4. The lowest BCUT2D eigenvalue weighted by Crippen LogP contribution is -2.46. The molecule has 0 saturated carbocycles. The van der Waals surface area contributed by atoms with Crippen LogP contribution in [0.15, 0.2) is 34.1 Å². The van der Waals surface area contributed by atoms with Crippen LogP contribution >= 0.6 is 0 Å². The maximum Gasteiger partial charge on any atom is 0.272 e. The van der Waals surface area contributed by atoms with Crippen molar-refractivity contribution < 1.29 is 8.78 Å². The molecule has 2 N–H and O–H groups in total. The third-order valence-electron chi connectivity index (χ3n) is 4.04. The molecule has 2 heterocycles. The molecule has 0 radical (unpaired) electrons. The van der Waals surface area contributed by atoms with Gasteiger partial charge in [0.25, 0.3) is 11.1 Å². The van der Waals surface area contributed by atoms with E-state index in [1.54, 1.807) is 4.57 Å². The van der Waals surface area contributed by atoms with Gasteiger partial charge in [0.15, 0.2) is 0 Å². The van der Waals surface area contributed by atoms with Crippen molar-refractivity contribution in [3.8, 4) is 0 Å². The van der Waals surface area contributed by atoms with Gasteiger partial charge >= 0.3 is 0 Å². The summed E-state index contributed by atoms with van der Waals surface area (Å²) in [7, 11) is 0. The van der Waals surface area contributed by atoms with E-state index in [4.69, 9.17) is 0 Å². The summed E-state index contributed by atoms with van der Waals surface area (Å²) in [4.78, 5) is 32.9. The minimum atomic E-state index is -0.652. The molecule has 0 spiro atoms. The van der Waals surface area contributed by atoms with E-state index < -0.39 is 22.8 Å². The number of halogens is 2. The Hall–Kier alpha value is -3.29. The van der Waals surface area contributed by atoms with Gasteiger partial charge in [-0.3, -0.25) is 9.59 Å². The normalized spacial score (nSPS) is 12.1. The summed E-state index contributed by atoms with van der Waals surface area (Å²) >= 11 is 0. The molecular weight excluding hydrogens is 354 g/mol. The molecule has 0 aliphatic heterocycles. The Morgan fingerprint density at radius 1 is 1.15 bits per heavy atom. The fraction of sp³-hybridized carbons (Fsp3) is 0.211. The highest BCUT2D eigenvalue weighted by Gasteiger charge is 2.14. The van der Waals surface area contributed by atoms with E-state index in [1.165, 1.54) is 24.5 Å². The van der Waals surface area contributed by atoms with Crippen molar-refractivity contribution in [2.75, 3.05) is 0 Å². The lowest BCUT2D eigenvalue weighted by Gasteiger charge is -2.12. The number of imidazole rings is 1. The first-order valence-corrected chi connectivity index (χ1v) is 8.28. The summed E-state index contributed by atoms with van der Waals surface area (Å²) in [6, 6.07) is 3.33. The van der Waals surface area contributed by atoms with Crippen molar-refractivity contribution in [2.24, 2.45) is 0 Å². The second-order valence-electron chi connectivity index (χ2n) is 6.52. The minimum absolute atomic E-state index is 0.00933. The van der Waals surface area contributed by atoms with Crippen LogP contribution in [-0.4, -0.2) is 19.5 Å². The third-order valence-corrected chi connectivity index (χ3v) is 4.04. The number of aromatic amines is 2. The number of hydrogen-bond acceptors (Lipinski definition) is 3. The van der Waals surface area contributed by atoms with Gasteiger partial charge in [-0.25, -0.2) is 13.8 Å². The number of rotatable bonds is 4. The first-order valence-electron chi connectivity index (χ1n) is 8.28. The Morgan fingerprint density at radius 3 is 2.44 bits per heavy atom. The van der Waals surface area contributed by atoms with Gasteiger partial charge in [0.1, 0.15) is 17.0 Å². The standard InChI is InChI=1S/C19H18F2N4O2/c1-10(2)17-15(7-16-19(27)23-11(3)18(26)24-16)22-9-25(17)8-12-4-13(20)6-14(21)5-12/h4-7,9-10H,3,8H2,1-2H3,(H,23,27)(H,24,26). The molecule has 0 atom stereocenters. The predicted octanol–water partition coefficient (Wildman–Crippen LogP) is 0.949. The molecular formula is C19H18F2N4O2. The SMILES string of the molecule is C=c1[nH]c(=O)c(=Cc2ncn(Cc3cc(F)cc(F)c3)c2C(C)C)[nH]c1=O. The molecule has 6 nitrogen and oxygen atoms in total. The van der Waals surface area contributed by atoms with E-state index in [2.05, 4.69) is 21.5 Å². The number of nitrogens with zero attached hydrogens (tertiary/aromatic N) is 2. The smallest absolute Gasteiger partial charge is 0.272 e. The predicted molar refractivity (Wildman–Crippen MR) is 97.8 cm³/mol. The molecule has 0 saturated heterocycles. The molecule has 1 aromatic carbocycles. The monoisotopic (exact) mass is 372 g/mol. The van der Waals surface area contributed by atoms with Crippen molar-refractivity contribution in [2.45, 2.75) is 26.3 Å². The third kappa shape index (κ3) is 3.94. The van der Waals surface area contributed by atoms with Crippen LogP contribution in [0.25, 0.3) is 12.7 Å². The fourth-order valence-electron chi connectivity index (χ4n) is 2.92. The van der Waals surface area contributed by atoms with Gasteiger partial charge in [0, 0.05) is 18.3 Å². The molecule has 3 aromatic rings. The zero-order chi connectivity index (χ0) is 19.7. The van der Waals surface area contributed by atoms with Gasteiger partial charge in [-0.2, -0.15) is 0 Å². The number of hydrogen-bond donors (Lipinski definition) is 2. The van der Waals surface area contributed by atoms with Crippen LogP contribution < -0.4 is 21.8 Å². The average molecular weight is 372 g/mol. The van der Waals surface area contributed by atoms with Gasteiger partial charge in [0.2, 0.25) is 0 Å². The zero-order valence-corrected chi connectivity index (χ0v) is 14.8. The van der Waals surface area contributed by atoms with Crippen LogP contribution in [0.1, 0.15) is 36.7 Å². The number of nitrogens with one attached hydrogen (secondary N) is 2. The van der Waals surface area contributed by atoms with Gasteiger partial charge in [-0.15, -0.1) is 0 Å². The second-order valence-corrected chi connectivity index (χ2v) is 6.52. The summed E-state index contributed by atoms with van der Waals surface area (Å²) < 4.78 is 28.7. The van der Waals surface area contributed by atoms with E-state index >= 15 is 0 Å². The van der Waals surface area contributed by atoms with E-state index in [1.807, 2.05) is 13.8 Å². The molecule has 0 bridgehead atoms. The highest BCUT2D eigenvalue weighted by atomic mass is 19.1. The van der Waals surface area contributed by atoms with Gasteiger partial charge in [0.05, 0.1) is 17.4 Å². The summed E-state index contributed by atoms with van der Waals surface area (Å²) in [5.41, 5.74) is 0.710. The largest absolute Gasteiger partial charge is 0.329 e. The Kier molecular flexibility index (Phi) is 4.89. The van der Waals surface area contributed by atoms with Crippen molar-refractivity contribution in [1.82, 2.24) is 19.5 Å². The maximum absolute atomic E-state index is 13.4. The Morgan fingerprint density at radius 2 is 1.81 bits per heavy atom. The quantitative estimate of drug-likeness (QED) is 0.715. The van der Waals surface area contributed by atoms with Crippen LogP contribution in [0.3, 0.4) is 0 Å². The minimum Gasteiger partial charge on any atom is -0.329 e. The molecule has 3 rings (SSSR count). The van der Waals surface area contributed by atoms with Crippen LogP contribution in [0.5, 0.6) is 0 Å². The molecule has 0 fully saturated rings. The molecule has 0 unspecified atom stereocenters. The van der Waals surface area contributed by atoms with Gasteiger partial charge < -0.3 is 14.5 Å². The van der Waals surface area contributed by atoms with Gasteiger partial charge in [-0.1, -0.05) is 20.4 Å². The summed E-state index contributed by atoms with van der Waals surface area (Å²) in [5.74, 6) is -1.30. The zero-order valence-electron chi connectivity index (χ0n) is 14.8. The van der Waals surface area contributed by atoms with E-state index in [9.17, 15) is 18.4 Å². The molecule has 0 aliphatic carbocycles. The fourth-order valence-corrected chi connectivity index (χ4v) is 2.92. The highest BCUT2D eigenvalue weighted by Crippen LogP contribution is 2.21. The van der Waals surface area contributed by atoms with Crippen molar-refractivity contribution in [3.63, 3.8) is 0 Å². The van der Waals surface area contributed by atoms with Crippen LogP contribution in [0, 0.1) is 11.6 Å². The van der Waals surface area contributed by atoms with Crippen LogP contribution in [0.2, 0.25) is 0 Å². The summed E-state index contributed by atoms with van der Waals surface area (Å²) in [6.45, 7) is 7.53. The first-order chi connectivity index (χ1) is 12.7. The van der Waals surface area contributed by atoms with Crippen molar-refractivity contribution in [3.05, 3.63) is 84.5 Å². The molecule has 0 amide bonds. The highest BCUT2D eigenvalue weighted by molar-refractivity contribution is 5.47. The Balaban J connectivity index is 2.10. The molecule has 140 valence electrons.